The van der Waals surface area contributed by atoms with Crippen molar-refractivity contribution in [1.82, 2.24) is 5.32 Å². The van der Waals surface area contributed by atoms with E-state index in [1.807, 2.05) is 6.92 Å². The lowest BCUT2D eigenvalue weighted by Gasteiger charge is -2.40. The number of esters is 1. The minimum absolute atomic E-state index is 0.00818. The van der Waals surface area contributed by atoms with Crippen molar-refractivity contribution in [3.8, 4) is 0 Å². The van der Waals surface area contributed by atoms with E-state index in [4.69, 9.17) is 9.47 Å². The number of carbonyl (C=O) groups excluding carboxylic acids is 1. The van der Waals surface area contributed by atoms with E-state index >= 15 is 0 Å². The summed E-state index contributed by atoms with van der Waals surface area (Å²) in [6.45, 7) is 6.94. The average molecular weight is 243 g/mol. The molecule has 2 atom stereocenters. The van der Waals surface area contributed by atoms with Crippen molar-refractivity contribution in [2.75, 3.05) is 13.7 Å². The van der Waals surface area contributed by atoms with Gasteiger partial charge in [-0.3, -0.25) is 4.79 Å². The van der Waals surface area contributed by atoms with Gasteiger partial charge in [0.05, 0.1) is 12.7 Å². The highest BCUT2D eigenvalue weighted by Crippen LogP contribution is 2.31. The summed E-state index contributed by atoms with van der Waals surface area (Å²) in [7, 11) is 1.42. The summed E-state index contributed by atoms with van der Waals surface area (Å²) in [6, 6.07) is 0.104. The lowest BCUT2D eigenvalue weighted by molar-refractivity contribution is -0.144. The first-order valence-corrected chi connectivity index (χ1v) is 6.54. The standard InChI is InChI=1S/C13H25NO3/c1-5-13(6-2)9-11(7-8-17-13)14-10(3)12(15)16-4/h10-11,14H,5-9H2,1-4H3. The molecule has 0 amide bonds. The van der Waals surface area contributed by atoms with Gasteiger partial charge in [-0.05, 0) is 32.6 Å². The minimum atomic E-state index is -0.241. The summed E-state index contributed by atoms with van der Waals surface area (Å²) < 4.78 is 10.6. The van der Waals surface area contributed by atoms with Gasteiger partial charge in [0.15, 0.2) is 0 Å². The third kappa shape index (κ3) is 3.68. The molecular formula is C13H25NO3. The predicted octanol–water partition coefficient (Wildman–Crippen LogP) is 1.88. The molecule has 2 unspecified atom stereocenters. The van der Waals surface area contributed by atoms with Gasteiger partial charge < -0.3 is 14.8 Å². The van der Waals surface area contributed by atoms with Crippen LogP contribution in [0.2, 0.25) is 0 Å². The molecule has 0 saturated carbocycles. The molecule has 0 aromatic rings. The van der Waals surface area contributed by atoms with Crippen molar-refractivity contribution < 1.29 is 14.3 Å². The zero-order valence-electron chi connectivity index (χ0n) is 11.4. The fourth-order valence-electron chi connectivity index (χ4n) is 2.51. The fourth-order valence-corrected chi connectivity index (χ4v) is 2.51. The number of nitrogens with one attached hydrogen (secondary N) is 1. The molecule has 0 bridgehead atoms. The Morgan fingerprint density at radius 2 is 2.18 bits per heavy atom. The van der Waals surface area contributed by atoms with Crippen molar-refractivity contribution in [1.29, 1.82) is 0 Å². The highest BCUT2D eigenvalue weighted by Gasteiger charge is 2.35. The van der Waals surface area contributed by atoms with E-state index in [0.717, 1.165) is 32.3 Å². The van der Waals surface area contributed by atoms with Crippen LogP contribution in [0.15, 0.2) is 0 Å². The van der Waals surface area contributed by atoms with Gasteiger partial charge in [-0.25, -0.2) is 0 Å². The maximum atomic E-state index is 11.4. The summed E-state index contributed by atoms with van der Waals surface area (Å²) in [5.41, 5.74) is -0.00818. The SMILES string of the molecule is CCC1(CC)CC(NC(C)C(=O)OC)CCO1. The predicted molar refractivity (Wildman–Crippen MR) is 66.9 cm³/mol. The van der Waals surface area contributed by atoms with E-state index in [9.17, 15) is 4.79 Å². The second-order valence-corrected chi connectivity index (χ2v) is 4.84. The van der Waals surface area contributed by atoms with E-state index in [-0.39, 0.29) is 17.6 Å². The van der Waals surface area contributed by atoms with E-state index < -0.39 is 0 Å². The van der Waals surface area contributed by atoms with Gasteiger partial charge in [-0.15, -0.1) is 0 Å². The van der Waals surface area contributed by atoms with Gasteiger partial charge in [-0.2, -0.15) is 0 Å². The highest BCUT2D eigenvalue weighted by atomic mass is 16.5. The monoisotopic (exact) mass is 243 g/mol. The van der Waals surface area contributed by atoms with Gasteiger partial charge in [0.1, 0.15) is 6.04 Å². The Balaban J connectivity index is 2.52. The van der Waals surface area contributed by atoms with Crippen LogP contribution in [-0.4, -0.2) is 37.4 Å². The molecule has 1 heterocycles. The third-order valence-electron chi connectivity index (χ3n) is 3.82. The van der Waals surface area contributed by atoms with Crippen LogP contribution in [0.4, 0.5) is 0 Å². The van der Waals surface area contributed by atoms with Crippen LogP contribution in [0, 0.1) is 0 Å². The topological polar surface area (TPSA) is 47.6 Å². The van der Waals surface area contributed by atoms with Gasteiger partial charge >= 0.3 is 5.97 Å². The Morgan fingerprint density at radius 3 is 2.71 bits per heavy atom. The molecule has 0 spiro atoms. The van der Waals surface area contributed by atoms with Crippen LogP contribution in [0.3, 0.4) is 0 Å². The van der Waals surface area contributed by atoms with Crippen molar-refractivity contribution in [3.05, 3.63) is 0 Å². The smallest absolute Gasteiger partial charge is 0.322 e. The number of hydrogen-bond donors (Lipinski definition) is 1. The van der Waals surface area contributed by atoms with Crippen molar-refractivity contribution in [3.63, 3.8) is 0 Å². The van der Waals surface area contributed by atoms with Crippen molar-refractivity contribution in [2.45, 2.75) is 64.1 Å². The van der Waals surface area contributed by atoms with E-state index in [1.165, 1.54) is 7.11 Å². The molecule has 100 valence electrons. The first-order chi connectivity index (χ1) is 8.06. The lowest BCUT2D eigenvalue weighted by atomic mass is 9.85. The van der Waals surface area contributed by atoms with Crippen LogP contribution in [-0.2, 0) is 14.3 Å². The van der Waals surface area contributed by atoms with Gasteiger partial charge in [0.25, 0.3) is 0 Å². The Hall–Kier alpha value is -0.610. The molecule has 1 fully saturated rings. The zero-order chi connectivity index (χ0) is 12.9. The van der Waals surface area contributed by atoms with E-state index in [1.54, 1.807) is 0 Å². The van der Waals surface area contributed by atoms with Crippen LogP contribution < -0.4 is 5.32 Å². The quantitative estimate of drug-likeness (QED) is 0.749. The number of methoxy groups -OCH3 is 1. The summed E-state index contributed by atoms with van der Waals surface area (Å²) in [5.74, 6) is -0.199. The highest BCUT2D eigenvalue weighted by molar-refractivity contribution is 5.75. The van der Waals surface area contributed by atoms with E-state index in [2.05, 4.69) is 19.2 Å². The Kier molecular flexibility index (Phi) is 5.40. The van der Waals surface area contributed by atoms with Gasteiger partial charge in [-0.1, -0.05) is 13.8 Å². The van der Waals surface area contributed by atoms with Crippen molar-refractivity contribution in [2.24, 2.45) is 0 Å². The molecular weight excluding hydrogens is 218 g/mol. The first-order valence-electron chi connectivity index (χ1n) is 6.54. The van der Waals surface area contributed by atoms with Crippen LogP contribution in [0.25, 0.3) is 0 Å². The maximum absolute atomic E-state index is 11.4. The zero-order valence-corrected chi connectivity index (χ0v) is 11.4. The normalized spacial score (nSPS) is 25.3. The summed E-state index contributed by atoms with van der Waals surface area (Å²) in [6.07, 6.45) is 3.98. The maximum Gasteiger partial charge on any atom is 0.322 e. The molecule has 17 heavy (non-hydrogen) atoms. The number of rotatable bonds is 5. The van der Waals surface area contributed by atoms with Crippen LogP contribution >= 0.6 is 0 Å². The second-order valence-electron chi connectivity index (χ2n) is 4.84. The molecule has 1 saturated heterocycles. The average Bonchev–Trinajstić information content (AvgIpc) is 2.37. The van der Waals surface area contributed by atoms with Crippen LogP contribution in [0.5, 0.6) is 0 Å². The Morgan fingerprint density at radius 1 is 1.53 bits per heavy atom. The molecule has 4 nitrogen and oxygen atoms in total. The van der Waals surface area contributed by atoms with E-state index in [0.29, 0.717) is 6.04 Å². The number of carbonyl (C=O) groups is 1. The largest absolute Gasteiger partial charge is 0.468 e. The Bertz CT molecular complexity index is 251. The number of hydrogen-bond acceptors (Lipinski definition) is 4. The molecule has 0 radical (unpaired) electrons. The molecule has 1 N–H and O–H groups in total. The van der Waals surface area contributed by atoms with Crippen molar-refractivity contribution >= 4 is 5.97 Å². The molecule has 0 aliphatic carbocycles. The minimum Gasteiger partial charge on any atom is -0.468 e. The third-order valence-corrected chi connectivity index (χ3v) is 3.82. The summed E-state index contributed by atoms with van der Waals surface area (Å²) >= 11 is 0. The van der Waals surface area contributed by atoms with Gasteiger partial charge in [0, 0.05) is 12.6 Å². The van der Waals surface area contributed by atoms with Crippen LogP contribution in [0.1, 0.15) is 46.5 Å². The molecule has 1 aliphatic heterocycles. The summed E-state index contributed by atoms with van der Waals surface area (Å²) in [5, 5.41) is 3.34. The first kappa shape index (κ1) is 14.5. The number of ether oxygens (including phenoxy) is 2. The molecule has 4 heteroatoms. The fraction of sp³-hybridized carbons (Fsp3) is 0.923. The molecule has 1 rings (SSSR count). The molecule has 0 aromatic carbocycles. The summed E-state index contributed by atoms with van der Waals surface area (Å²) in [4.78, 5) is 11.4. The second kappa shape index (κ2) is 6.36. The van der Waals surface area contributed by atoms with Gasteiger partial charge in [0.2, 0.25) is 0 Å². The molecule has 0 aromatic heterocycles. The lowest BCUT2D eigenvalue weighted by Crippen LogP contribution is -2.50. The Labute approximate surface area is 104 Å². The molecule has 1 aliphatic rings.